The molecule has 2 heterocycles. The van der Waals surface area contributed by atoms with Crippen molar-refractivity contribution in [2.24, 2.45) is 0 Å². The normalized spacial score (nSPS) is 21.9. The van der Waals surface area contributed by atoms with Gasteiger partial charge in [-0.05, 0) is 44.2 Å². The summed E-state index contributed by atoms with van der Waals surface area (Å²) in [6.45, 7) is 1.66. The first kappa shape index (κ1) is 14.3. The van der Waals surface area contributed by atoms with E-state index < -0.39 is 0 Å². The highest BCUT2D eigenvalue weighted by Crippen LogP contribution is 2.19. The number of aromatic nitrogens is 2. The number of likely N-dealkylation sites (N-methyl/N-ethyl adjacent to an activating group) is 1. The van der Waals surface area contributed by atoms with Gasteiger partial charge < -0.3 is 15.0 Å². The summed E-state index contributed by atoms with van der Waals surface area (Å²) in [5, 5.41) is 11.1. The maximum atomic E-state index is 11.8. The molecule has 1 saturated heterocycles. The third-order valence-corrected chi connectivity index (χ3v) is 3.94. The lowest BCUT2D eigenvalue weighted by atomic mass is 10.1. The van der Waals surface area contributed by atoms with Crippen LogP contribution in [-0.4, -0.2) is 48.4 Å². The minimum Gasteiger partial charge on any atom is -0.376 e. The Labute approximate surface area is 124 Å². The molecule has 0 unspecified atom stereocenters. The topological polar surface area (TPSA) is 67.3 Å². The summed E-state index contributed by atoms with van der Waals surface area (Å²) < 4.78 is 5.73. The van der Waals surface area contributed by atoms with Crippen molar-refractivity contribution in [1.29, 1.82) is 0 Å². The van der Waals surface area contributed by atoms with E-state index >= 15 is 0 Å². The van der Waals surface area contributed by atoms with E-state index in [4.69, 9.17) is 4.74 Å². The molecule has 6 heteroatoms. The van der Waals surface area contributed by atoms with Gasteiger partial charge in [0.05, 0.1) is 6.10 Å². The summed E-state index contributed by atoms with van der Waals surface area (Å²) in [6, 6.07) is 3.92. The number of hydrogen-bond acceptors (Lipinski definition) is 5. The molecule has 0 radical (unpaired) electrons. The Morgan fingerprint density at radius 1 is 1.33 bits per heavy atom. The van der Waals surface area contributed by atoms with Gasteiger partial charge in [0.15, 0.2) is 11.5 Å². The van der Waals surface area contributed by atoms with Gasteiger partial charge in [-0.3, -0.25) is 4.79 Å². The van der Waals surface area contributed by atoms with Gasteiger partial charge in [-0.15, -0.1) is 10.2 Å². The zero-order chi connectivity index (χ0) is 14.7. The molecule has 1 aromatic rings. The summed E-state index contributed by atoms with van der Waals surface area (Å²) in [4.78, 5) is 13.9. The van der Waals surface area contributed by atoms with Crippen LogP contribution in [0.3, 0.4) is 0 Å². The molecule has 1 aromatic heterocycles. The molecule has 6 nitrogen and oxygen atoms in total. The number of amides is 1. The number of nitrogens with one attached hydrogen (secondary N) is 1. The molecule has 1 atom stereocenters. The third-order valence-electron chi connectivity index (χ3n) is 3.94. The van der Waals surface area contributed by atoms with Crippen molar-refractivity contribution in [3.05, 3.63) is 17.8 Å². The van der Waals surface area contributed by atoms with E-state index in [-0.39, 0.29) is 12.0 Å². The second-order valence-electron chi connectivity index (χ2n) is 5.89. The van der Waals surface area contributed by atoms with Gasteiger partial charge in [-0.1, -0.05) is 0 Å². The molecule has 2 aliphatic rings. The van der Waals surface area contributed by atoms with E-state index in [1.807, 2.05) is 18.0 Å². The van der Waals surface area contributed by atoms with Crippen LogP contribution in [0.4, 0.5) is 5.82 Å². The van der Waals surface area contributed by atoms with Crippen LogP contribution in [0.2, 0.25) is 0 Å². The van der Waals surface area contributed by atoms with Crippen LogP contribution in [0.15, 0.2) is 12.1 Å². The van der Waals surface area contributed by atoms with Crippen molar-refractivity contribution in [3.63, 3.8) is 0 Å². The second kappa shape index (κ2) is 6.39. The summed E-state index contributed by atoms with van der Waals surface area (Å²) in [5.74, 6) is 0.641. The Hall–Kier alpha value is -1.69. The summed E-state index contributed by atoms with van der Waals surface area (Å²) in [6.07, 6.45) is 5.89. The molecule has 0 spiro atoms. The average Bonchev–Trinajstić information content (AvgIpc) is 3.32. The monoisotopic (exact) mass is 290 g/mol. The molecule has 1 N–H and O–H groups in total. The molecule has 21 heavy (non-hydrogen) atoms. The van der Waals surface area contributed by atoms with E-state index in [1.54, 1.807) is 6.07 Å². The average molecular weight is 290 g/mol. The number of nitrogens with zero attached hydrogens (tertiary/aromatic N) is 3. The van der Waals surface area contributed by atoms with Gasteiger partial charge in [-0.25, -0.2) is 0 Å². The molecule has 1 saturated carbocycles. The van der Waals surface area contributed by atoms with Gasteiger partial charge in [0, 0.05) is 26.2 Å². The largest absolute Gasteiger partial charge is 0.376 e. The first-order valence-corrected chi connectivity index (χ1v) is 7.70. The van der Waals surface area contributed by atoms with Gasteiger partial charge >= 0.3 is 0 Å². The van der Waals surface area contributed by atoms with Gasteiger partial charge in [0.1, 0.15) is 0 Å². The molecular formula is C15H22N4O2. The molecule has 1 aliphatic carbocycles. The smallest absolute Gasteiger partial charge is 0.272 e. The van der Waals surface area contributed by atoms with Crippen LogP contribution in [-0.2, 0) is 4.74 Å². The van der Waals surface area contributed by atoms with Crippen LogP contribution in [0.5, 0.6) is 0 Å². The van der Waals surface area contributed by atoms with Gasteiger partial charge in [0.25, 0.3) is 5.91 Å². The summed E-state index contributed by atoms with van der Waals surface area (Å²) >= 11 is 0. The van der Waals surface area contributed by atoms with Crippen LogP contribution in [0.25, 0.3) is 0 Å². The van der Waals surface area contributed by atoms with E-state index in [9.17, 15) is 4.79 Å². The van der Waals surface area contributed by atoms with Crippen molar-refractivity contribution in [2.75, 3.05) is 25.1 Å². The highest BCUT2D eigenvalue weighted by atomic mass is 16.5. The van der Waals surface area contributed by atoms with E-state index in [0.717, 1.165) is 44.7 Å². The fourth-order valence-corrected chi connectivity index (χ4v) is 2.49. The van der Waals surface area contributed by atoms with Crippen LogP contribution < -0.4 is 10.2 Å². The number of rotatable bonds is 5. The number of ether oxygens (including phenoxy) is 1. The third kappa shape index (κ3) is 3.91. The van der Waals surface area contributed by atoms with Crippen molar-refractivity contribution in [3.8, 4) is 0 Å². The van der Waals surface area contributed by atoms with Gasteiger partial charge in [0.2, 0.25) is 0 Å². The number of anilines is 1. The van der Waals surface area contributed by atoms with Crippen molar-refractivity contribution in [1.82, 2.24) is 15.5 Å². The van der Waals surface area contributed by atoms with Crippen LogP contribution in [0, 0.1) is 0 Å². The number of hydrogen-bond donors (Lipinski definition) is 1. The highest BCUT2D eigenvalue weighted by molar-refractivity contribution is 5.92. The molecule has 1 amide bonds. The van der Waals surface area contributed by atoms with Crippen molar-refractivity contribution >= 4 is 11.7 Å². The summed E-state index contributed by atoms with van der Waals surface area (Å²) in [7, 11) is 1.98. The first-order chi connectivity index (χ1) is 10.2. The van der Waals surface area contributed by atoms with Crippen molar-refractivity contribution in [2.45, 2.75) is 44.2 Å². The maximum Gasteiger partial charge on any atom is 0.272 e. The van der Waals surface area contributed by atoms with E-state index in [2.05, 4.69) is 15.5 Å². The molecule has 114 valence electrons. The summed E-state index contributed by atoms with van der Waals surface area (Å²) in [5.41, 5.74) is 0.382. The lowest BCUT2D eigenvalue weighted by molar-refractivity contribution is 0.0215. The predicted octanol–water partition coefficient (Wildman–Crippen LogP) is 1.37. The fraction of sp³-hybridized carbons (Fsp3) is 0.667. The Morgan fingerprint density at radius 3 is 2.81 bits per heavy atom. The molecule has 2 fully saturated rings. The Kier molecular flexibility index (Phi) is 4.34. The molecule has 1 aliphatic heterocycles. The van der Waals surface area contributed by atoms with Crippen LogP contribution in [0.1, 0.15) is 42.6 Å². The number of carbonyl (C=O) groups excluding carboxylic acids is 1. The minimum atomic E-state index is -0.130. The maximum absolute atomic E-state index is 11.8. The zero-order valence-electron chi connectivity index (χ0n) is 12.4. The lowest BCUT2D eigenvalue weighted by Gasteiger charge is -2.27. The Morgan fingerprint density at radius 2 is 2.19 bits per heavy atom. The first-order valence-electron chi connectivity index (χ1n) is 7.70. The lowest BCUT2D eigenvalue weighted by Crippen LogP contribution is -2.34. The van der Waals surface area contributed by atoms with E-state index in [0.29, 0.717) is 11.7 Å². The Bertz CT molecular complexity index is 481. The standard InChI is InChI=1S/C15H22N4O2/c1-19(10-12-4-2-3-9-21-12)14-8-7-13(17-18-14)15(20)16-11-5-6-11/h7-8,11-12H,2-6,9-10H2,1H3,(H,16,20)/t12-/m0/s1. The van der Waals surface area contributed by atoms with E-state index in [1.165, 1.54) is 6.42 Å². The predicted molar refractivity (Wildman–Crippen MR) is 79.4 cm³/mol. The fourth-order valence-electron chi connectivity index (χ4n) is 2.49. The SMILES string of the molecule is CN(C[C@@H]1CCCCO1)c1ccc(C(=O)NC2CC2)nn1. The van der Waals surface area contributed by atoms with Crippen LogP contribution >= 0.6 is 0 Å². The quantitative estimate of drug-likeness (QED) is 0.887. The number of carbonyl (C=O) groups is 1. The minimum absolute atomic E-state index is 0.130. The highest BCUT2D eigenvalue weighted by Gasteiger charge is 2.24. The van der Waals surface area contributed by atoms with Gasteiger partial charge in [-0.2, -0.15) is 0 Å². The van der Waals surface area contributed by atoms with Crippen molar-refractivity contribution < 1.29 is 9.53 Å². The molecular weight excluding hydrogens is 268 g/mol. The zero-order valence-corrected chi connectivity index (χ0v) is 12.4. The Balaban J connectivity index is 1.55. The molecule has 0 aromatic carbocycles. The second-order valence-corrected chi connectivity index (χ2v) is 5.89. The molecule has 3 rings (SSSR count). The molecule has 0 bridgehead atoms.